The van der Waals surface area contributed by atoms with Crippen LogP contribution in [0.1, 0.15) is 23.8 Å². The normalized spacial score (nSPS) is 10.1. The lowest BCUT2D eigenvalue weighted by Gasteiger charge is -2.07. The number of carbonyl (C=O) groups excluding carboxylic acids is 1. The average molecular weight is 335 g/mol. The summed E-state index contributed by atoms with van der Waals surface area (Å²) in [4.78, 5) is 20.5. The standard InChI is InChI=1S/C14H15BrN4O/c1-2-8-16-12-7-3-6-11(18-12)14(20)19-13-10(15)5-4-9-17-13/h3-7,9H,2,8H2,1H3,(H,16,18)(H,17,19,20). The van der Waals surface area contributed by atoms with Gasteiger partial charge in [0.25, 0.3) is 5.91 Å². The fraction of sp³-hybridized carbons (Fsp3) is 0.214. The van der Waals surface area contributed by atoms with Crippen LogP contribution >= 0.6 is 15.9 Å². The minimum Gasteiger partial charge on any atom is -0.370 e. The molecule has 0 saturated heterocycles. The second-order valence-corrected chi connectivity index (χ2v) is 4.98. The lowest BCUT2D eigenvalue weighted by atomic mass is 10.3. The molecule has 2 aromatic rings. The molecular formula is C14H15BrN4O. The molecule has 0 radical (unpaired) electrons. The molecule has 0 aliphatic carbocycles. The first-order chi connectivity index (χ1) is 9.70. The molecule has 2 rings (SSSR count). The maximum Gasteiger partial charge on any atom is 0.275 e. The van der Waals surface area contributed by atoms with Gasteiger partial charge in [-0.15, -0.1) is 0 Å². The van der Waals surface area contributed by atoms with Gasteiger partial charge in [-0.2, -0.15) is 0 Å². The topological polar surface area (TPSA) is 66.9 Å². The van der Waals surface area contributed by atoms with Crippen LogP contribution < -0.4 is 10.6 Å². The number of nitrogens with zero attached hydrogens (tertiary/aromatic N) is 2. The lowest BCUT2D eigenvalue weighted by Crippen LogP contribution is -2.15. The Morgan fingerprint density at radius 2 is 2.15 bits per heavy atom. The fourth-order valence-electron chi connectivity index (χ4n) is 1.56. The van der Waals surface area contributed by atoms with Crippen LogP contribution in [0.4, 0.5) is 11.6 Å². The van der Waals surface area contributed by atoms with Gasteiger partial charge >= 0.3 is 0 Å². The highest BCUT2D eigenvalue weighted by molar-refractivity contribution is 9.10. The maximum atomic E-state index is 12.1. The van der Waals surface area contributed by atoms with Crippen molar-refractivity contribution in [1.82, 2.24) is 9.97 Å². The second kappa shape index (κ2) is 7.00. The predicted octanol–water partition coefficient (Wildman–Crippen LogP) is 3.31. The highest BCUT2D eigenvalue weighted by Crippen LogP contribution is 2.19. The summed E-state index contributed by atoms with van der Waals surface area (Å²) in [5, 5.41) is 5.87. The van der Waals surface area contributed by atoms with Crippen molar-refractivity contribution in [3.05, 3.63) is 46.7 Å². The molecule has 104 valence electrons. The SMILES string of the molecule is CCCNc1cccc(C(=O)Nc2ncccc2Br)n1. The summed E-state index contributed by atoms with van der Waals surface area (Å²) >= 11 is 3.34. The van der Waals surface area contributed by atoms with Gasteiger partial charge in [0, 0.05) is 12.7 Å². The third-order valence-corrected chi connectivity index (χ3v) is 3.17. The van der Waals surface area contributed by atoms with Crippen molar-refractivity contribution in [3.8, 4) is 0 Å². The molecule has 1 amide bonds. The zero-order valence-electron chi connectivity index (χ0n) is 11.1. The minimum atomic E-state index is -0.287. The van der Waals surface area contributed by atoms with Gasteiger partial charge in [0.15, 0.2) is 0 Å². The molecule has 0 aliphatic rings. The monoisotopic (exact) mass is 334 g/mol. The van der Waals surface area contributed by atoms with E-state index in [1.54, 1.807) is 24.4 Å². The average Bonchev–Trinajstić information content (AvgIpc) is 2.48. The molecule has 5 nitrogen and oxygen atoms in total. The Balaban J connectivity index is 2.11. The molecule has 2 heterocycles. The summed E-state index contributed by atoms with van der Waals surface area (Å²) in [6, 6.07) is 8.91. The Morgan fingerprint density at radius 3 is 2.90 bits per heavy atom. The third kappa shape index (κ3) is 3.77. The van der Waals surface area contributed by atoms with Crippen molar-refractivity contribution in [2.75, 3.05) is 17.2 Å². The maximum absolute atomic E-state index is 12.1. The summed E-state index contributed by atoms with van der Waals surface area (Å²) in [5.41, 5.74) is 0.351. The van der Waals surface area contributed by atoms with E-state index in [-0.39, 0.29) is 5.91 Å². The molecule has 6 heteroatoms. The van der Waals surface area contributed by atoms with Gasteiger partial charge < -0.3 is 10.6 Å². The van der Waals surface area contributed by atoms with Gasteiger partial charge in [0.1, 0.15) is 17.3 Å². The van der Waals surface area contributed by atoms with E-state index in [2.05, 4.69) is 43.5 Å². The predicted molar refractivity (Wildman–Crippen MR) is 82.9 cm³/mol. The van der Waals surface area contributed by atoms with Crippen LogP contribution in [-0.4, -0.2) is 22.4 Å². The number of aromatic nitrogens is 2. The number of rotatable bonds is 5. The van der Waals surface area contributed by atoms with E-state index in [0.717, 1.165) is 17.4 Å². The quantitative estimate of drug-likeness (QED) is 0.880. The van der Waals surface area contributed by atoms with Gasteiger partial charge in [-0.05, 0) is 46.6 Å². The van der Waals surface area contributed by atoms with E-state index in [4.69, 9.17) is 0 Å². The summed E-state index contributed by atoms with van der Waals surface area (Å²) in [6.07, 6.45) is 2.62. The highest BCUT2D eigenvalue weighted by Gasteiger charge is 2.10. The van der Waals surface area contributed by atoms with Crippen LogP contribution in [0.25, 0.3) is 0 Å². The van der Waals surface area contributed by atoms with Crippen molar-refractivity contribution in [2.45, 2.75) is 13.3 Å². The molecule has 0 aliphatic heterocycles. The number of nitrogens with one attached hydrogen (secondary N) is 2. The zero-order valence-corrected chi connectivity index (χ0v) is 12.6. The summed E-state index contributed by atoms with van der Waals surface area (Å²) in [7, 11) is 0. The molecule has 2 aromatic heterocycles. The Kier molecular flexibility index (Phi) is 5.06. The van der Waals surface area contributed by atoms with E-state index < -0.39 is 0 Å². The first-order valence-electron chi connectivity index (χ1n) is 6.33. The number of anilines is 2. The van der Waals surface area contributed by atoms with Crippen molar-refractivity contribution in [1.29, 1.82) is 0 Å². The second-order valence-electron chi connectivity index (χ2n) is 4.12. The van der Waals surface area contributed by atoms with Crippen molar-refractivity contribution < 1.29 is 4.79 Å². The van der Waals surface area contributed by atoms with E-state index in [0.29, 0.717) is 17.3 Å². The van der Waals surface area contributed by atoms with Crippen LogP contribution in [-0.2, 0) is 0 Å². The first-order valence-corrected chi connectivity index (χ1v) is 7.13. The first kappa shape index (κ1) is 14.5. The van der Waals surface area contributed by atoms with Gasteiger partial charge in [0.05, 0.1) is 4.47 Å². The molecule has 2 N–H and O–H groups in total. The minimum absolute atomic E-state index is 0.287. The van der Waals surface area contributed by atoms with Crippen LogP contribution in [0.15, 0.2) is 41.0 Å². The number of carbonyl (C=O) groups is 1. The van der Waals surface area contributed by atoms with E-state index in [1.165, 1.54) is 0 Å². The van der Waals surface area contributed by atoms with Crippen LogP contribution in [0.3, 0.4) is 0 Å². The van der Waals surface area contributed by atoms with Gasteiger partial charge in [-0.1, -0.05) is 13.0 Å². The van der Waals surface area contributed by atoms with E-state index in [9.17, 15) is 4.79 Å². The Hall–Kier alpha value is -1.95. The molecular weight excluding hydrogens is 320 g/mol. The summed E-state index contributed by atoms with van der Waals surface area (Å²) in [5.74, 6) is 0.885. The Bertz CT molecular complexity index is 603. The van der Waals surface area contributed by atoms with Crippen molar-refractivity contribution >= 4 is 33.5 Å². The lowest BCUT2D eigenvalue weighted by molar-refractivity contribution is 0.102. The van der Waals surface area contributed by atoms with Gasteiger partial charge in [-0.3, -0.25) is 4.79 Å². The van der Waals surface area contributed by atoms with E-state index >= 15 is 0 Å². The fourth-order valence-corrected chi connectivity index (χ4v) is 1.92. The largest absolute Gasteiger partial charge is 0.370 e. The molecule has 0 bridgehead atoms. The number of pyridine rings is 2. The number of amides is 1. The Labute approximate surface area is 126 Å². The summed E-state index contributed by atoms with van der Waals surface area (Å²) in [6.45, 7) is 2.89. The van der Waals surface area contributed by atoms with Gasteiger partial charge in [0.2, 0.25) is 0 Å². The summed E-state index contributed by atoms with van der Waals surface area (Å²) < 4.78 is 0.730. The molecule has 0 fully saturated rings. The smallest absolute Gasteiger partial charge is 0.275 e. The van der Waals surface area contributed by atoms with Gasteiger partial charge in [-0.25, -0.2) is 9.97 Å². The van der Waals surface area contributed by atoms with Crippen LogP contribution in [0.2, 0.25) is 0 Å². The Morgan fingerprint density at radius 1 is 1.30 bits per heavy atom. The van der Waals surface area contributed by atoms with Crippen LogP contribution in [0.5, 0.6) is 0 Å². The number of hydrogen-bond donors (Lipinski definition) is 2. The van der Waals surface area contributed by atoms with Crippen molar-refractivity contribution in [3.63, 3.8) is 0 Å². The molecule has 0 unspecified atom stereocenters. The van der Waals surface area contributed by atoms with E-state index in [1.807, 2.05) is 12.1 Å². The zero-order chi connectivity index (χ0) is 14.4. The van der Waals surface area contributed by atoms with Crippen molar-refractivity contribution in [2.24, 2.45) is 0 Å². The number of halogens is 1. The molecule has 0 spiro atoms. The molecule has 20 heavy (non-hydrogen) atoms. The third-order valence-electron chi connectivity index (χ3n) is 2.53. The number of hydrogen-bond acceptors (Lipinski definition) is 4. The molecule has 0 atom stereocenters. The highest BCUT2D eigenvalue weighted by atomic mass is 79.9. The molecule has 0 aromatic carbocycles. The van der Waals surface area contributed by atoms with Crippen LogP contribution in [0, 0.1) is 0 Å². The molecule has 0 saturated carbocycles.